The maximum absolute atomic E-state index is 11.8. The first kappa shape index (κ1) is 18.7. The lowest BCUT2D eigenvalue weighted by molar-refractivity contribution is -0.123. The van der Waals surface area contributed by atoms with E-state index in [0.717, 1.165) is 16.9 Å². The molecule has 138 valence electrons. The Morgan fingerprint density at radius 1 is 0.964 bits per heavy atom. The average molecular weight is 370 g/mol. The van der Waals surface area contributed by atoms with Crippen LogP contribution >= 0.6 is 0 Å². The number of rotatable bonds is 7. The minimum atomic E-state index is -0.411. The molecule has 0 spiro atoms. The molecule has 3 aromatic carbocycles. The van der Waals surface area contributed by atoms with Crippen LogP contribution in [0, 0.1) is 11.3 Å². The van der Waals surface area contributed by atoms with E-state index in [1.165, 1.54) is 0 Å². The van der Waals surface area contributed by atoms with E-state index in [4.69, 9.17) is 10.00 Å². The van der Waals surface area contributed by atoms with Crippen molar-refractivity contribution in [2.75, 3.05) is 11.9 Å². The van der Waals surface area contributed by atoms with Crippen molar-refractivity contribution in [3.05, 3.63) is 90.0 Å². The summed E-state index contributed by atoms with van der Waals surface area (Å²) in [6.07, 6.45) is 1.55. The van der Waals surface area contributed by atoms with Gasteiger partial charge in [0.1, 0.15) is 11.8 Å². The molecule has 3 aromatic rings. The Morgan fingerprint density at radius 3 is 2.39 bits per heavy atom. The second-order valence-corrected chi connectivity index (χ2v) is 5.80. The molecule has 2 N–H and O–H groups in total. The molecule has 0 fully saturated rings. The van der Waals surface area contributed by atoms with E-state index in [-0.39, 0.29) is 6.61 Å². The third-order valence-electron chi connectivity index (χ3n) is 3.74. The predicted octanol–water partition coefficient (Wildman–Crippen LogP) is 3.83. The normalized spacial score (nSPS) is 10.2. The van der Waals surface area contributed by atoms with Crippen molar-refractivity contribution in [2.24, 2.45) is 5.10 Å². The van der Waals surface area contributed by atoms with E-state index < -0.39 is 5.91 Å². The zero-order valence-electron chi connectivity index (χ0n) is 15.0. The number of hydrogen-bond acceptors (Lipinski definition) is 5. The van der Waals surface area contributed by atoms with Gasteiger partial charge in [-0.15, -0.1) is 0 Å². The van der Waals surface area contributed by atoms with Crippen LogP contribution in [0.5, 0.6) is 5.75 Å². The number of nitrogens with one attached hydrogen (secondary N) is 2. The smallest absolute Gasteiger partial charge is 0.277 e. The lowest BCUT2D eigenvalue weighted by Gasteiger charge is -2.06. The average Bonchev–Trinajstić information content (AvgIpc) is 2.74. The monoisotopic (exact) mass is 370 g/mol. The Kier molecular flexibility index (Phi) is 6.37. The van der Waals surface area contributed by atoms with Gasteiger partial charge in [0.25, 0.3) is 5.91 Å². The summed E-state index contributed by atoms with van der Waals surface area (Å²) in [5.74, 6) is -0.0445. The molecule has 0 bridgehead atoms. The van der Waals surface area contributed by atoms with Crippen LogP contribution in [0.15, 0.2) is 84.0 Å². The number of carbonyl (C=O) groups is 1. The zero-order valence-corrected chi connectivity index (χ0v) is 15.0. The molecule has 3 rings (SSSR count). The number of hydrogen-bond donors (Lipinski definition) is 2. The van der Waals surface area contributed by atoms with Gasteiger partial charge < -0.3 is 10.1 Å². The zero-order chi connectivity index (χ0) is 19.6. The third kappa shape index (κ3) is 5.44. The van der Waals surface area contributed by atoms with Gasteiger partial charge in [-0.2, -0.15) is 10.4 Å². The van der Waals surface area contributed by atoms with E-state index in [0.29, 0.717) is 11.3 Å². The fourth-order valence-corrected chi connectivity index (χ4v) is 2.38. The number of para-hydroxylation sites is 2. The van der Waals surface area contributed by atoms with Crippen LogP contribution < -0.4 is 15.5 Å². The first-order valence-electron chi connectivity index (χ1n) is 8.60. The van der Waals surface area contributed by atoms with Gasteiger partial charge >= 0.3 is 0 Å². The number of amides is 1. The van der Waals surface area contributed by atoms with Crippen molar-refractivity contribution < 1.29 is 9.53 Å². The fourth-order valence-electron chi connectivity index (χ4n) is 2.38. The van der Waals surface area contributed by atoms with Crippen molar-refractivity contribution in [2.45, 2.75) is 0 Å². The number of carbonyl (C=O) groups excluding carboxylic acids is 1. The van der Waals surface area contributed by atoms with E-state index >= 15 is 0 Å². The molecular formula is C22H18N4O2. The van der Waals surface area contributed by atoms with Gasteiger partial charge in [-0.25, -0.2) is 5.43 Å². The summed E-state index contributed by atoms with van der Waals surface area (Å²) >= 11 is 0. The Balaban J connectivity index is 1.47. The standard InChI is InChI=1S/C22H18N4O2/c23-14-18-6-4-5-9-21(18)28-16-22(27)26-24-15-17-10-12-20(13-11-17)25-19-7-2-1-3-8-19/h1-13,15,25H,16H2,(H,26,27)/b24-15-. The van der Waals surface area contributed by atoms with Gasteiger partial charge in [0.15, 0.2) is 6.61 Å². The molecule has 0 saturated heterocycles. The van der Waals surface area contributed by atoms with Crippen LogP contribution in [0.25, 0.3) is 0 Å². The lowest BCUT2D eigenvalue weighted by atomic mass is 10.2. The molecule has 0 heterocycles. The minimum absolute atomic E-state index is 0.226. The van der Waals surface area contributed by atoms with Crippen LogP contribution in [-0.2, 0) is 4.79 Å². The molecule has 0 unspecified atom stereocenters. The molecule has 0 aliphatic rings. The van der Waals surface area contributed by atoms with Crippen LogP contribution in [-0.4, -0.2) is 18.7 Å². The SMILES string of the molecule is N#Cc1ccccc1OCC(=O)N/N=C\c1ccc(Nc2ccccc2)cc1. The van der Waals surface area contributed by atoms with Crippen molar-refractivity contribution in [1.82, 2.24) is 5.43 Å². The minimum Gasteiger partial charge on any atom is -0.482 e. The molecule has 6 nitrogen and oxygen atoms in total. The Labute approximate surface area is 163 Å². The first-order valence-corrected chi connectivity index (χ1v) is 8.60. The van der Waals surface area contributed by atoms with Crippen molar-refractivity contribution >= 4 is 23.5 Å². The van der Waals surface area contributed by atoms with E-state index in [2.05, 4.69) is 15.8 Å². The number of nitriles is 1. The molecule has 28 heavy (non-hydrogen) atoms. The summed E-state index contributed by atoms with van der Waals surface area (Å²) in [6, 6.07) is 26.3. The molecule has 1 amide bonds. The second-order valence-electron chi connectivity index (χ2n) is 5.80. The van der Waals surface area contributed by atoms with Crippen LogP contribution in [0.1, 0.15) is 11.1 Å². The first-order chi connectivity index (χ1) is 13.7. The maximum Gasteiger partial charge on any atom is 0.277 e. The predicted molar refractivity (Wildman–Crippen MR) is 109 cm³/mol. The van der Waals surface area contributed by atoms with Crippen LogP contribution in [0.2, 0.25) is 0 Å². The number of nitrogens with zero attached hydrogens (tertiary/aromatic N) is 2. The summed E-state index contributed by atoms with van der Waals surface area (Å²) in [5, 5.41) is 16.2. The third-order valence-corrected chi connectivity index (χ3v) is 3.74. The summed E-state index contributed by atoms with van der Waals surface area (Å²) < 4.78 is 5.35. The highest BCUT2D eigenvalue weighted by atomic mass is 16.5. The molecular weight excluding hydrogens is 352 g/mol. The van der Waals surface area contributed by atoms with Crippen LogP contribution in [0.3, 0.4) is 0 Å². The van der Waals surface area contributed by atoms with Crippen LogP contribution in [0.4, 0.5) is 11.4 Å². The van der Waals surface area contributed by atoms with Gasteiger partial charge in [-0.3, -0.25) is 4.79 Å². The number of ether oxygens (including phenoxy) is 1. The van der Waals surface area contributed by atoms with E-state index in [1.807, 2.05) is 60.7 Å². The molecule has 6 heteroatoms. The molecule has 0 aliphatic heterocycles. The van der Waals surface area contributed by atoms with Gasteiger partial charge in [-0.1, -0.05) is 42.5 Å². The quantitative estimate of drug-likeness (QED) is 0.489. The van der Waals surface area contributed by atoms with Gasteiger partial charge in [0.05, 0.1) is 11.8 Å². The largest absolute Gasteiger partial charge is 0.482 e. The highest BCUT2D eigenvalue weighted by molar-refractivity contribution is 5.83. The molecule has 0 aromatic heterocycles. The van der Waals surface area contributed by atoms with Gasteiger partial charge in [0, 0.05) is 11.4 Å². The molecule has 0 aliphatic carbocycles. The topological polar surface area (TPSA) is 86.5 Å². The summed E-state index contributed by atoms with van der Waals surface area (Å²) in [7, 11) is 0. The van der Waals surface area contributed by atoms with Crippen molar-refractivity contribution in [3.63, 3.8) is 0 Å². The summed E-state index contributed by atoms with van der Waals surface area (Å²) in [6.45, 7) is -0.226. The molecule has 0 saturated carbocycles. The van der Waals surface area contributed by atoms with E-state index in [9.17, 15) is 4.79 Å². The number of anilines is 2. The van der Waals surface area contributed by atoms with Gasteiger partial charge in [0.2, 0.25) is 0 Å². The number of benzene rings is 3. The Bertz CT molecular complexity index is 993. The maximum atomic E-state index is 11.8. The number of hydrazone groups is 1. The highest BCUT2D eigenvalue weighted by Gasteiger charge is 2.05. The summed E-state index contributed by atoms with van der Waals surface area (Å²) in [5.41, 5.74) is 5.58. The molecule has 0 atom stereocenters. The summed E-state index contributed by atoms with van der Waals surface area (Å²) in [4.78, 5) is 11.8. The second kappa shape index (κ2) is 9.55. The lowest BCUT2D eigenvalue weighted by Crippen LogP contribution is -2.24. The van der Waals surface area contributed by atoms with Crippen molar-refractivity contribution in [3.8, 4) is 11.8 Å². The molecule has 0 radical (unpaired) electrons. The van der Waals surface area contributed by atoms with E-state index in [1.54, 1.807) is 30.5 Å². The Morgan fingerprint density at radius 2 is 1.64 bits per heavy atom. The highest BCUT2D eigenvalue weighted by Crippen LogP contribution is 2.17. The van der Waals surface area contributed by atoms with Gasteiger partial charge in [-0.05, 0) is 42.0 Å². The Hall–Kier alpha value is -4.11. The fraction of sp³-hybridized carbons (Fsp3) is 0.0455. The van der Waals surface area contributed by atoms with Crippen molar-refractivity contribution in [1.29, 1.82) is 5.26 Å².